The smallest absolute Gasteiger partial charge is 0.312 e. The van der Waals surface area contributed by atoms with Crippen LogP contribution in [0, 0.1) is 4.91 Å². The van der Waals surface area contributed by atoms with Crippen LogP contribution < -0.4 is 0 Å². The van der Waals surface area contributed by atoms with Crippen molar-refractivity contribution in [2.75, 3.05) is 13.7 Å². The second-order valence-electron chi connectivity index (χ2n) is 2.36. The minimum Gasteiger partial charge on any atom is -0.469 e. The SMILES string of the molecule is COC(=O)C[C@@H]1CC[N+]1=O. The Bertz CT molecular complexity index is 166. The zero-order valence-electron chi connectivity index (χ0n) is 5.87. The Hall–Kier alpha value is -0.930. The van der Waals surface area contributed by atoms with Gasteiger partial charge in [-0.1, -0.05) is 0 Å². The van der Waals surface area contributed by atoms with Gasteiger partial charge in [-0.3, -0.25) is 4.79 Å². The molecule has 1 aliphatic rings. The maximum atomic E-state index is 10.6. The third kappa shape index (κ3) is 1.32. The molecule has 1 saturated heterocycles. The highest BCUT2D eigenvalue weighted by atomic mass is 16.5. The summed E-state index contributed by atoms with van der Waals surface area (Å²) in [5.74, 6) is -0.300. The molecule has 0 aromatic carbocycles. The van der Waals surface area contributed by atoms with Crippen molar-refractivity contribution in [1.82, 2.24) is 0 Å². The van der Waals surface area contributed by atoms with Gasteiger partial charge in [-0.15, -0.1) is 0 Å². The number of carbonyl (C=O) groups is 1. The number of carbonyl (C=O) groups excluding carboxylic acids is 1. The van der Waals surface area contributed by atoms with Gasteiger partial charge in [-0.05, 0) is 0 Å². The summed E-state index contributed by atoms with van der Waals surface area (Å²) in [5, 5.41) is 0. The van der Waals surface area contributed by atoms with Gasteiger partial charge >= 0.3 is 5.97 Å². The molecular formula is C6H10NO3+. The van der Waals surface area contributed by atoms with E-state index in [9.17, 15) is 9.70 Å². The molecule has 0 saturated carbocycles. The van der Waals surface area contributed by atoms with Crippen LogP contribution in [-0.2, 0) is 9.53 Å². The number of nitroso groups, excluding NO2 is 1. The van der Waals surface area contributed by atoms with E-state index in [-0.39, 0.29) is 18.4 Å². The number of hydrogen-bond acceptors (Lipinski definition) is 3. The summed E-state index contributed by atoms with van der Waals surface area (Å²) in [6.07, 6.45) is 1.05. The van der Waals surface area contributed by atoms with E-state index in [1.54, 1.807) is 0 Å². The fourth-order valence-electron chi connectivity index (χ4n) is 0.897. The summed E-state index contributed by atoms with van der Waals surface area (Å²) in [5.41, 5.74) is 0. The van der Waals surface area contributed by atoms with Crippen LogP contribution in [0.1, 0.15) is 12.8 Å². The van der Waals surface area contributed by atoms with Gasteiger partial charge in [0.25, 0.3) is 0 Å². The van der Waals surface area contributed by atoms with Gasteiger partial charge in [0.1, 0.15) is 6.42 Å². The first-order valence-corrected chi connectivity index (χ1v) is 3.24. The Kier molecular flexibility index (Phi) is 1.99. The van der Waals surface area contributed by atoms with Gasteiger partial charge in [-0.2, -0.15) is 0 Å². The van der Waals surface area contributed by atoms with Crippen LogP contribution in [0.2, 0.25) is 0 Å². The molecule has 4 nitrogen and oxygen atoms in total. The van der Waals surface area contributed by atoms with Gasteiger partial charge in [0.2, 0.25) is 6.04 Å². The van der Waals surface area contributed by atoms with Crippen LogP contribution in [-0.4, -0.2) is 30.4 Å². The Labute approximate surface area is 58.7 Å². The molecule has 0 amide bonds. The fourth-order valence-corrected chi connectivity index (χ4v) is 0.897. The fraction of sp³-hybridized carbons (Fsp3) is 0.833. The van der Waals surface area contributed by atoms with Gasteiger partial charge in [0.05, 0.1) is 13.5 Å². The highest BCUT2D eigenvalue weighted by Crippen LogP contribution is 2.13. The number of hydrogen-bond donors (Lipinski definition) is 0. The molecule has 0 spiro atoms. The van der Waals surface area contributed by atoms with Crippen molar-refractivity contribution < 1.29 is 14.3 Å². The molecular weight excluding hydrogens is 134 g/mol. The predicted molar refractivity (Wildman–Crippen MR) is 33.5 cm³/mol. The van der Waals surface area contributed by atoms with E-state index < -0.39 is 0 Å². The molecule has 1 rings (SSSR count). The predicted octanol–water partition coefficient (Wildman–Crippen LogP) is 0.101. The van der Waals surface area contributed by atoms with E-state index in [1.807, 2.05) is 0 Å². The molecule has 0 bridgehead atoms. The minimum absolute atomic E-state index is 0.118. The second-order valence-corrected chi connectivity index (χ2v) is 2.36. The standard InChI is InChI=1S/C6H10NO3/c1-10-6(8)4-5-2-3-7(5)9/h5H,2-4H2,1H3/q+1/t5-/m0/s1. The summed E-state index contributed by atoms with van der Waals surface area (Å²) in [7, 11) is 1.33. The highest BCUT2D eigenvalue weighted by Gasteiger charge is 2.38. The van der Waals surface area contributed by atoms with E-state index in [1.165, 1.54) is 7.11 Å². The summed E-state index contributed by atoms with van der Waals surface area (Å²) >= 11 is 0. The minimum atomic E-state index is -0.300. The molecule has 0 unspecified atom stereocenters. The van der Waals surface area contributed by atoms with E-state index in [0.717, 1.165) is 11.2 Å². The lowest BCUT2D eigenvalue weighted by Gasteiger charge is -2.13. The maximum absolute atomic E-state index is 10.6. The molecule has 1 aliphatic heterocycles. The van der Waals surface area contributed by atoms with Crippen molar-refractivity contribution in [1.29, 1.82) is 0 Å². The van der Waals surface area contributed by atoms with Crippen molar-refractivity contribution in [3.63, 3.8) is 0 Å². The van der Waals surface area contributed by atoms with Crippen LogP contribution in [0.5, 0.6) is 0 Å². The van der Waals surface area contributed by atoms with Crippen molar-refractivity contribution in [3.05, 3.63) is 4.91 Å². The van der Waals surface area contributed by atoms with E-state index >= 15 is 0 Å². The van der Waals surface area contributed by atoms with Gasteiger partial charge in [0.15, 0.2) is 6.54 Å². The summed E-state index contributed by atoms with van der Waals surface area (Å²) in [4.78, 5) is 21.2. The third-order valence-electron chi connectivity index (χ3n) is 1.72. The third-order valence-corrected chi connectivity index (χ3v) is 1.72. The Balaban J connectivity index is 2.25. The lowest BCUT2D eigenvalue weighted by atomic mass is 10.0. The van der Waals surface area contributed by atoms with Crippen molar-refractivity contribution in [2.24, 2.45) is 0 Å². The summed E-state index contributed by atoms with van der Waals surface area (Å²) < 4.78 is 5.31. The average Bonchev–Trinajstić information content (AvgIpc) is 1.96. The summed E-state index contributed by atoms with van der Waals surface area (Å²) in [6, 6.07) is -0.118. The number of methoxy groups -OCH3 is 1. The van der Waals surface area contributed by atoms with E-state index in [0.29, 0.717) is 6.54 Å². The number of ether oxygens (including phenoxy) is 1. The molecule has 0 N–H and O–H groups in total. The quantitative estimate of drug-likeness (QED) is 0.408. The monoisotopic (exact) mass is 144 g/mol. The van der Waals surface area contributed by atoms with Gasteiger partial charge in [0, 0.05) is 9.67 Å². The number of esters is 1. The summed E-state index contributed by atoms with van der Waals surface area (Å²) in [6.45, 7) is 0.557. The second kappa shape index (κ2) is 2.77. The van der Waals surface area contributed by atoms with E-state index in [4.69, 9.17) is 0 Å². The van der Waals surface area contributed by atoms with Crippen molar-refractivity contribution in [2.45, 2.75) is 18.9 Å². The van der Waals surface area contributed by atoms with Gasteiger partial charge < -0.3 is 4.74 Å². The number of rotatable bonds is 2. The van der Waals surface area contributed by atoms with Crippen LogP contribution in [0.25, 0.3) is 0 Å². The van der Waals surface area contributed by atoms with Crippen LogP contribution >= 0.6 is 0 Å². The Morgan fingerprint density at radius 1 is 1.80 bits per heavy atom. The molecule has 1 atom stereocenters. The highest BCUT2D eigenvalue weighted by molar-refractivity contribution is 5.69. The van der Waals surface area contributed by atoms with Crippen LogP contribution in [0.4, 0.5) is 0 Å². The lowest BCUT2D eigenvalue weighted by Crippen LogP contribution is -2.39. The Morgan fingerprint density at radius 3 is 2.80 bits per heavy atom. The molecule has 0 radical (unpaired) electrons. The van der Waals surface area contributed by atoms with E-state index in [2.05, 4.69) is 4.74 Å². The van der Waals surface area contributed by atoms with Gasteiger partial charge in [-0.25, -0.2) is 0 Å². The first-order chi connectivity index (χ1) is 4.74. The zero-order chi connectivity index (χ0) is 7.56. The molecule has 0 aromatic heterocycles. The molecule has 1 fully saturated rings. The molecule has 1 heterocycles. The number of nitrogens with zero attached hydrogens (tertiary/aromatic N) is 1. The largest absolute Gasteiger partial charge is 0.469 e. The topological polar surface area (TPSA) is 46.4 Å². The molecule has 0 aromatic rings. The molecule has 4 heteroatoms. The first kappa shape index (κ1) is 7.18. The first-order valence-electron chi connectivity index (χ1n) is 3.24. The van der Waals surface area contributed by atoms with Crippen LogP contribution in [0.15, 0.2) is 0 Å². The Morgan fingerprint density at radius 2 is 2.50 bits per heavy atom. The normalized spacial score (nSPS) is 23.7. The van der Waals surface area contributed by atoms with Crippen molar-refractivity contribution >= 4 is 5.97 Å². The van der Waals surface area contributed by atoms with Crippen LogP contribution in [0.3, 0.4) is 0 Å². The average molecular weight is 144 g/mol. The molecule has 56 valence electrons. The lowest BCUT2D eigenvalue weighted by molar-refractivity contribution is -0.642. The molecule has 0 aliphatic carbocycles. The molecule has 10 heavy (non-hydrogen) atoms. The zero-order valence-corrected chi connectivity index (χ0v) is 5.87. The van der Waals surface area contributed by atoms with Crippen molar-refractivity contribution in [3.8, 4) is 0 Å². The maximum Gasteiger partial charge on any atom is 0.312 e.